The molecular formula is C4H5FN2O. The van der Waals surface area contributed by atoms with Crippen molar-refractivity contribution in [1.29, 1.82) is 0 Å². The molecule has 1 aliphatic heterocycles. The van der Waals surface area contributed by atoms with E-state index in [9.17, 15) is 9.18 Å². The molecule has 0 radical (unpaired) electrons. The molecule has 0 aliphatic carbocycles. The van der Waals surface area contributed by atoms with Gasteiger partial charge in [0.05, 0.1) is 6.67 Å². The van der Waals surface area contributed by atoms with Crippen LogP contribution in [0.1, 0.15) is 0 Å². The zero-order chi connectivity index (χ0) is 5.98. The summed E-state index contributed by atoms with van der Waals surface area (Å²) in [6, 6.07) is 0. The van der Waals surface area contributed by atoms with E-state index >= 15 is 0 Å². The number of hydrogen-bond acceptors (Lipinski definition) is 2. The van der Waals surface area contributed by atoms with E-state index in [1.807, 2.05) is 0 Å². The monoisotopic (exact) mass is 116 g/mol. The quantitative estimate of drug-likeness (QED) is 0.447. The summed E-state index contributed by atoms with van der Waals surface area (Å²) in [5, 5.41) is 4.73. The van der Waals surface area contributed by atoms with E-state index in [1.54, 1.807) is 0 Å². The number of amides is 1. The Bertz CT molecular complexity index is 143. The predicted molar refractivity (Wildman–Crippen MR) is 25.3 cm³/mol. The number of rotatable bonds is 0. The highest BCUT2D eigenvalue weighted by Gasteiger charge is 2.09. The van der Waals surface area contributed by atoms with Gasteiger partial charge in [-0.1, -0.05) is 0 Å². The third-order valence-corrected chi connectivity index (χ3v) is 0.797. The van der Waals surface area contributed by atoms with Crippen LogP contribution in [0.5, 0.6) is 0 Å². The van der Waals surface area contributed by atoms with Crippen molar-refractivity contribution in [2.75, 3.05) is 6.67 Å². The van der Waals surface area contributed by atoms with E-state index in [-0.39, 0.29) is 0 Å². The van der Waals surface area contributed by atoms with Gasteiger partial charge in [-0.2, -0.15) is 4.39 Å². The maximum Gasteiger partial charge on any atom is 0.282 e. The fraction of sp³-hybridized carbons (Fsp3) is 0.250. The summed E-state index contributed by atoms with van der Waals surface area (Å²) in [5.74, 6) is -1.42. The van der Waals surface area contributed by atoms with Crippen LogP contribution >= 0.6 is 0 Å². The fourth-order valence-corrected chi connectivity index (χ4v) is 0.422. The minimum atomic E-state index is -0.767. The van der Waals surface area contributed by atoms with Gasteiger partial charge < -0.3 is 10.6 Å². The molecule has 0 saturated heterocycles. The van der Waals surface area contributed by atoms with Gasteiger partial charge in [0.2, 0.25) is 5.83 Å². The summed E-state index contributed by atoms with van der Waals surface area (Å²) < 4.78 is 12.0. The molecule has 0 saturated carbocycles. The van der Waals surface area contributed by atoms with Crippen LogP contribution in [0.3, 0.4) is 0 Å². The molecule has 3 nitrogen and oxygen atoms in total. The van der Waals surface area contributed by atoms with Gasteiger partial charge in [-0.05, 0) is 0 Å². The molecule has 0 bridgehead atoms. The van der Waals surface area contributed by atoms with Gasteiger partial charge in [0.25, 0.3) is 5.91 Å². The Hall–Kier alpha value is -1.06. The molecule has 44 valence electrons. The minimum absolute atomic E-state index is 0.312. The lowest BCUT2D eigenvalue weighted by molar-refractivity contribution is -0.119. The third kappa shape index (κ3) is 0.776. The topological polar surface area (TPSA) is 41.1 Å². The Labute approximate surface area is 45.6 Å². The van der Waals surface area contributed by atoms with Crippen LogP contribution in [0.4, 0.5) is 4.39 Å². The molecule has 0 spiro atoms. The summed E-state index contributed by atoms with van der Waals surface area (Å²) in [5.41, 5.74) is 0. The molecule has 1 rings (SSSR count). The lowest BCUT2D eigenvalue weighted by atomic mass is 10.5. The van der Waals surface area contributed by atoms with Crippen LogP contribution < -0.4 is 10.6 Å². The second-order valence-corrected chi connectivity index (χ2v) is 1.38. The molecule has 0 aromatic rings. The number of carbonyl (C=O) groups is 1. The van der Waals surface area contributed by atoms with Gasteiger partial charge in [-0.3, -0.25) is 4.79 Å². The average Bonchev–Trinajstić information content (AvgIpc) is 1.77. The first kappa shape index (κ1) is 5.08. The van der Waals surface area contributed by atoms with E-state index in [1.165, 1.54) is 0 Å². The number of carbonyl (C=O) groups excluding carboxylic acids is 1. The number of hydrogen-bond donors (Lipinski definition) is 2. The van der Waals surface area contributed by atoms with E-state index in [0.29, 0.717) is 6.67 Å². The summed E-state index contributed by atoms with van der Waals surface area (Å²) in [7, 11) is 0. The Morgan fingerprint density at radius 1 is 1.75 bits per heavy atom. The third-order valence-electron chi connectivity index (χ3n) is 0.797. The zero-order valence-corrected chi connectivity index (χ0v) is 4.07. The second kappa shape index (κ2) is 1.81. The van der Waals surface area contributed by atoms with E-state index in [2.05, 4.69) is 10.6 Å². The van der Waals surface area contributed by atoms with Crippen molar-refractivity contribution in [3.63, 3.8) is 0 Å². The van der Waals surface area contributed by atoms with Crippen molar-refractivity contribution in [3.05, 3.63) is 12.0 Å². The molecule has 1 amide bonds. The van der Waals surface area contributed by atoms with E-state index in [4.69, 9.17) is 0 Å². The van der Waals surface area contributed by atoms with Gasteiger partial charge >= 0.3 is 0 Å². The molecule has 4 heteroatoms. The van der Waals surface area contributed by atoms with Crippen LogP contribution in [-0.2, 0) is 4.79 Å². The summed E-state index contributed by atoms with van der Waals surface area (Å²) in [4.78, 5) is 10.2. The van der Waals surface area contributed by atoms with Crippen LogP contribution in [0.25, 0.3) is 0 Å². The molecule has 0 atom stereocenters. The molecule has 1 aliphatic rings. The number of halogens is 1. The first-order valence-electron chi connectivity index (χ1n) is 2.18. The normalized spacial score (nSPS) is 18.6. The summed E-state index contributed by atoms with van der Waals surface area (Å²) in [6.45, 7) is 0.312. The standard InChI is InChI=1S/C4H5FN2O/c5-3-1-6-2-7-4(3)8/h1,6H,2H2,(H,7,8). The highest BCUT2D eigenvalue weighted by atomic mass is 19.1. The first-order valence-corrected chi connectivity index (χ1v) is 2.18. The Morgan fingerprint density at radius 3 is 2.88 bits per heavy atom. The average molecular weight is 116 g/mol. The van der Waals surface area contributed by atoms with Crippen LogP contribution in [0, 0.1) is 0 Å². The number of nitrogens with one attached hydrogen (secondary N) is 2. The second-order valence-electron chi connectivity index (χ2n) is 1.38. The Morgan fingerprint density at radius 2 is 2.50 bits per heavy atom. The zero-order valence-electron chi connectivity index (χ0n) is 4.07. The molecule has 0 aromatic carbocycles. The van der Waals surface area contributed by atoms with Gasteiger partial charge in [0.15, 0.2) is 0 Å². The fourth-order valence-electron chi connectivity index (χ4n) is 0.422. The Kier molecular flexibility index (Phi) is 1.15. The van der Waals surface area contributed by atoms with Crippen LogP contribution in [0.2, 0.25) is 0 Å². The van der Waals surface area contributed by atoms with Crippen molar-refractivity contribution < 1.29 is 9.18 Å². The van der Waals surface area contributed by atoms with Gasteiger partial charge in [0.1, 0.15) is 0 Å². The molecule has 8 heavy (non-hydrogen) atoms. The SMILES string of the molecule is O=C1NCNC=C1F. The predicted octanol–water partition coefficient (Wildman–Crippen LogP) is -0.526. The Balaban J connectivity index is 2.67. The highest BCUT2D eigenvalue weighted by molar-refractivity contribution is 5.91. The maximum absolute atomic E-state index is 12.0. The van der Waals surface area contributed by atoms with Crippen molar-refractivity contribution in [2.45, 2.75) is 0 Å². The molecule has 0 unspecified atom stereocenters. The minimum Gasteiger partial charge on any atom is -0.371 e. The summed E-state index contributed by atoms with van der Waals surface area (Å²) in [6.07, 6.45) is 1.04. The van der Waals surface area contributed by atoms with Gasteiger partial charge in [-0.15, -0.1) is 0 Å². The maximum atomic E-state index is 12.0. The van der Waals surface area contributed by atoms with E-state index < -0.39 is 11.7 Å². The van der Waals surface area contributed by atoms with Crippen LogP contribution in [-0.4, -0.2) is 12.6 Å². The molecule has 0 aromatic heterocycles. The van der Waals surface area contributed by atoms with Gasteiger partial charge in [-0.25, -0.2) is 0 Å². The van der Waals surface area contributed by atoms with E-state index in [0.717, 1.165) is 6.20 Å². The molecular weight excluding hydrogens is 111 g/mol. The van der Waals surface area contributed by atoms with Crippen LogP contribution in [0.15, 0.2) is 12.0 Å². The molecule has 2 N–H and O–H groups in total. The highest BCUT2D eigenvalue weighted by Crippen LogP contribution is 1.94. The smallest absolute Gasteiger partial charge is 0.282 e. The van der Waals surface area contributed by atoms with Gasteiger partial charge in [0, 0.05) is 6.20 Å². The largest absolute Gasteiger partial charge is 0.371 e. The molecule has 1 heterocycles. The molecule has 0 fully saturated rings. The van der Waals surface area contributed by atoms with Crippen molar-refractivity contribution in [1.82, 2.24) is 10.6 Å². The lowest BCUT2D eigenvalue weighted by Crippen LogP contribution is -2.36. The first-order chi connectivity index (χ1) is 3.80. The lowest BCUT2D eigenvalue weighted by Gasteiger charge is -2.08. The van der Waals surface area contributed by atoms with Crippen molar-refractivity contribution >= 4 is 5.91 Å². The summed E-state index contributed by atoms with van der Waals surface area (Å²) >= 11 is 0. The van der Waals surface area contributed by atoms with Crippen molar-refractivity contribution in [3.8, 4) is 0 Å². The van der Waals surface area contributed by atoms with Crippen molar-refractivity contribution in [2.24, 2.45) is 0 Å².